The number of phenols is 1. The fraction of sp³-hybridized carbons (Fsp3) is 0.667. The van der Waals surface area contributed by atoms with E-state index in [0.717, 1.165) is 44.1 Å². The molecule has 0 bridgehead atoms. The van der Waals surface area contributed by atoms with Gasteiger partial charge in [-0.1, -0.05) is 37.8 Å². The van der Waals surface area contributed by atoms with Gasteiger partial charge in [-0.05, 0) is 69.1 Å². The third-order valence-corrected chi connectivity index (χ3v) is 8.38. The van der Waals surface area contributed by atoms with Crippen LogP contribution in [0.15, 0.2) is 24.3 Å². The Balaban J connectivity index is 1.61. The first-order chi connectivity index (χ1) is 19.7. The highest BCUT2D eigenvalue weighted by Crippen LogP contribution is 2.23. The highest BCUT2D eigenvalue weighted by molar-refractivity contribution is 6.17. The zero-order chi connectivity index (χ0) is 29.8. The van der Waals surface area contributed by atoms with E-state index < -0.39 is 35.9 Å². The van der Waals surface area contributed by atoms with Crippen LogP contribution in [-0.4, -0.2) is 86.8 Å². The van der Waals surface area contributed by atoms with Crippen molar-refractivity contribution >= 4 is 35.3 Å². The number of alkyl halides is 1. The van der Waals surface area contributed by atoms with Crippen molar-refractivity contribution in [1.29, 1.82) is 0 Å². The predicted molar refractivity (Wildman–Crippen MR) is 156 cm³/mol. The highest BCUT2D eigenvalue weighted by Gasteiger charge is 2.40. The molecular weight excluding hydrogens is 548 g/mol. The molecule has 2 heterocycles. The predicted octanol–water partition coefficient (Wildman–Crippen LogP) is 3.17. The number of phenolic OH excluding ortho intramolecular Hbond substituents is 1. The lowest BCUT2D eigenvalue weighted by Crippen LogP contribution is -2.55. The second kappa shape index (κ2) is 16.6. The number of aromatic hydroxyl groups is 1. The number of nitrogens with zero attached hydrogens (tertiary/aromatic N) is 2. The maximum absolute atomic E-state index is 13.5. The van der Waals surface area contributed by atoms with Crippen molar-refractivity contribution in [3.63, 3.8) is 0 Å². The lowest BCUT2D eigenvalue weighted by molar-refractivity contribution is -0.149. The Hall–Kier alpha value is -2.85. The second-order valence-electron chi connectivity index (χ2n) is 11.2. The van der Waals surface area contributed by atoms with Crippen LogP contribution in [0.4, 0.5) is 0 Å². The molecule has 2 fully saturated rings. The number of halogens is 1. The molecular formula is C30H45ClN4O6. The Kier molecular flexibility index (Phi) is 13.2. The highest BCUT2D eigenvalue weighted by atomic mass is 35.5. The summed E-state index contributed by atoms with van der Waals surface area (Å²) in [6.45, 7) is 0.779. The Labute approximate surface area is 247 Å². The molecule has 2 aliphatic heterocycles. The summed E-state index contributed by atoms with van der Waals surface area (Å²) in [6.07, 6.45) is 8.93. The van der Waals surface area contributed by atoms with Gasteiger partial charge in [-0.15, -0.1) is 11.6 Å². The molecule has 1 aromatic carbocycles. The van der Waals surface area contributed by atoms with Crippen LogP contribution in [0.2, 0.25) is 0 Å². The number of benzene rings is 1. The smallest absolute Gasteiger partial charge is 0.326 e. The van der Waals surface area contributed by atoms with E-state index in [1.54, 1.807) is 29.2 Å². The molecule has 4 atom stereocenters. The number of unbranched alkanes of at least 4 members (excludes halogenated alkanes) is 4. The van der Waals surface area contributed by atoms with E-state index in [1.165, 1.54) is 4.90 Å². The number of hydrogen-bond donors (Lipinski definition) is 4. The number of nitrogens with one attached hydrogen (secondary N) is 1. The first-order valence-electron chi connectivity index (χ1n) is 14.9. The number of hydrogen-bond acceptors (Lipinski definition) is 6. The molecule has 2 saturated heterocycles. The molecule has 2 aliphatic rings. The number of carboxylic acid groups (broad SMARTS) is 1. The summed E-state index contributed by atoms with van der Waals surface area (Å²) in [6, 6.07) is 3.78. The van der Waals surface area contributed by atoms with Crippen LogP contribution in [0, 0.1) is 0 Å². The molecule has 0 radical (unpaired) electrons. The fourth-order valence-electron chi connectivity index (χ4n) is 5.80. The molecule has 0 saturated carbocycles. The fourth-order valence-corrected chi connectivity index (χ4v) is 5.99. The van der Waals surface area contributed by atoms with E-state index in [4.69, 9.17) is 17.3 Å². The number of nitrogens with two attached hydrogens (primary N) is 1. The Morgan fingerprint density at radius 2 is 1.56 bits per heavy atom. The molecule has 3 rings (SSSR count). The average molecular weight is 593 g/mol. The van der Waals surface area contributed by atoms with Crippen molar-refractivity contribution < 1.29 is 29.4 Å². The van der Waals surface area contributed by atoms with E-state index in [-0.39, 0.29) is 30.5 Å². The number of carbonyl (C=O) groups is 4. The van der Waals surface area contributed by atoms with Crippen LogP contribution in [0.3, 0.4) is 0 Å². The second-order valence-corrected chi connectivity index (χ2v) is 11.6. The minimum absolute atomic E-state index is 0.129. The van der Waals surface area contributed by atoms with E-state index in [2.05, 4.69) is 5.32 Å². The monoisotopic (exact) mass is 592 g/mol. The van der Waals surface area contributed by atoms with Crippen LogP contribution < -0.4 is 11.1 Å². The molecule has 5 N–H and O–H groups in total. The third kappa shape index (κ3) is 9.88. The number of carboxylic acids is 1. The van der Waals surface area contributed by atoms with Crippen molar-refractivity contribution in [2.75, 3.05) is 19.0 Å². The van der Waals surface area contributed by atoms with Gasteiger partial charge >= 0.3 is 5.97 Å². The van der Waals surface area contributed by atoms with Gasteiger partial charge in [0.1, 0.15) is 23.9 Å². The van der Waals surface area contributed by atoms with Gasteiger partial charge in [0.05, 0.1) is 0 Å². The summed E-state index contributed by atoms with van der Waals surface area (Å²) >= 11 is 5.72. The molecule has 10 nitrogen and oxygen atoms in total. The SMILES string of the molecule is NC(CCCCCCCCl)CC(=O)N1CCCC1C(=O)NC(CCc1ccc(O)cc1)C(=O)N1CCCC1C(=O)O. The van der Waals surface area contributed by atoms with Gasteiger partial charge < -0.3 is 31.1 Å². The summed E-state index contributed by atoms with van der Waals surface area (Å²) in [5.41, 5.74) is 7.13. The van der Waals surface area contributed by atoms with Crippen LogP contribution in [-0.2, 0) is 25.6 Å². The van der Waals surface area contributed by atoms with Gasteiger partial charge in [-0.3, -0.25) is 14.4 Å². The minimum atomic E-state index is -1.06. The largest absolute Gasteiger partial charge is 0.508 e. The quantitative estimate of drug-likeness (QED) is 0.170. The number of carbonyl (C=O) groups excluding carboxylic acids is 3. The summed E-state index contributed by atoms with van der Waals surface area (Å²) in [5, 5.41) is 22.1. The molecule has 0 spiro atoms. The zero-order valence-corrected chi connectivity index (χ0v) is 24.6. The van der Waals surface area contributed by atoms with Gasteiger partial charge in [0.15, 0.2) is 0 Å². The number of aliphatic carboxylic acids is 1. The topological polar surface area (TPSA) is 153 Å². The lowest BCUT2D eigenvalue weighted by Gasteiger charge is -2.30. The molecule has 228 valence electrons. The molecule has 4 unspecified atom stereocenters. The van der Waals surface area contributed by atoms with E-state index >= 15 is 0 Å². The van der Waals surface area contributed by atoms with Gasteiger partial charge in [0.2, 0.25) is 17.7 Å². The van der Waals surface area contributed by atoms with Gasteiger partial charge in [-0.25, -0.2) is 4.79 Å². The van der Waals surface area contributed by atoms with Crippen LogP contribution >= 0.6 is 11.6 Å². The van der Waals surface area contributed by atoms with E-state index in [0.29, 0.717) is 51.1 Å². The minimum Gasteiger partial charge on any atom is -0.508 e. The first kappa shape index (κ1) is 32.7. The van der Waals surface area contributed by atoms with Crippen molar-refractivity contribution in [3.05, 3.63) is 29.8 Å². The molecule has 3 amide bonds. The standard InChI is InChI=1S/C30H45ClN4O6/c31-17-5-3-1-2-4-8-22(32)20-27(37)34-18-6-9-25(34)28(38)33-24(16-13-21-11-14-23(36)15-12-21)29(39)35-19-7-10-26(35)30(40)41/h11-12,14-15,22,24-26,36H,1-10,13,16-20,32H2,(H,33,38)(H,40,41). The van der Waals surface area contributed by atoms with Crippen molar-refractivity contribution in [2.45, 2.75) is 108 Å². The normalized spacial score (nSPS) is 20.1. The molecule has 0 aliphatic carbocycles. The van der Waals surface area contributed by atoms with E-state index in [1.807, 2.05) is 0 Å². The van der Waals surface area contributed by atoms with Gasteiger partial charge in [-0.2, -0.15) is 0 Å². The Bertz CT molecular complexity index is 1020. The zero-order valence-electron chi connectivity index (χ0n) is 23.8. The maximum Gasteiger partial charge on any atom is 0.326 e. The summed E-state index contributed by atoms with van der Waals surface area (Å²) in [4.78, 5) is 54.8. The number of aryl methyl sites for hydroxylation is 1. The number of amides is 3. The van der Waals surface area contributed by atoms with E-state index in [9.17, 15) is 29.4 Å². The van der Waals surface area contributed by atoms with Gasteiger partial charge in [0.25, 0.3) is 0 Å². The Morgan fingerprint density at radius 1 is 0.927 bits per heavy atom. The number of likely N-dealkylation sites (tertiary alicyclic amines) is 2. The number of rotatable bonds is 16. The summed E-state index contributed by atoms with van der Waals surface area (Å²) < 4.78 is 0. The van der Waals surface area contributed by atoms with Crippen LogP contribution in [0.25, 0.3) is 0 Å². The van der Waals surface area contributed by atoms with Crippen LogP contribution in [0.5, 0.6) is 5.75 Å². The summed E-state index contributed by atoms with van der Waals surface area (Å²) in [5.74, 6) is -1.24. The maximum atomic E-state index is 13.5. The molecule has 41 heavy (non-hydrogen) atoms. The van der Waals surface area contributed by atoms with Gasteiger partial charge in [0, 0.05) is 31.4 Å². The molecule has 11 heteroatoms. The molecule has 0 aromatic heterocycles. The van der Waals surface area contributed by atoms with Crippen LogP contribution in [0.1, 0.15) is 82.6 Å². The Morgan fingerprint density at radius 3 is 2.24 bits per heavy atom. The average Bonchev–Trinajstić information content (AvgIpc) is 3.64. The van der Waals surface area contributed by atoms with Crippen molar-refractivity contribution in [2.24, 2.45) is 5.73 Å². The molecule has 1 aromatic rings. The summed E-state index contributed by atoms with van der Waals surface area (Å²) in [7, 11) is 0. The third-order valence-electron chi connectivity index (χ3n) is 8.11. The lowest BCUT2D eigenvalue weighted by atomic mass is 10.0. The van der Waals surface area contributed by atoms with Crippen molar-refractivity contribution in [1.82, 2.24) is 15.1 Å². The first-order valence-corrected chi connectivity index (χ1v) is 15.5. The van der Waals surface area contributed by atoms with Crippen molar-refractivity contribution in [3.8, 4) is 5.75 Å².